The number of rotatable bonds is 4. The van der Waals surface area contributed by atoms with Gasteiger partial charge in [0.2, 0.25) is 5.89 Å². The summed E-state index contributed by atoms with van der Waals surface area (Å²) in [5, 5.41) is 6.74. The van der Waals surface area contributed by atoms with E-state index in [9.17, 15) is 0 Å². The number of anilines is 2. The predicted molar refractivity (Wildman–Crippen MR) is 60.9 cm³/mol. The van der Waals surface area contributed by atoms with Crippen molar-refractivity contribution in [3.05, 3.63) is 23.6 Å². The Morgan fingerprint density at radius 2 is 1.94 bits per heavy atom. The van der Waals surface area contributed by atoms with Crippen LogP contribution in [0.5, 0.6) is 0 Å². The second-order valence-electron chi connectivity index (χ2n) is 3.42. The van der Waals surface area contributed by atoms with Gasteiger partial charge in [-0.15, -0.1) is 0 Å². The van der Waals surface area contributed by atoms with Gasteiger partial charge in [0.05, 0.1) is 6.54 Å². The monoisotopic (exact) mass is 235 g/mol. The molecule has 2 heterocycles. The highest BCUT2D eigenvalue weighted by molar-refractivity contribution is 5.46. The van der Waals surface area contributed by atoms with Crippen molar-refractivity contribution >= 4 is 11.6 Å². The fraction of sp³-hybridized carbons (Fsp3) is 0.333. The van der Waals surface area contributed by atoms with Crippen LogP contribution in [0.2, 0.25) is 0 Å². The molecule has 0 aliphatic rings. The van der Waals surface area contributed by atoms with Crippen molar-refractivity contribution in [2.24, 2.45) is 5.84 Å². The van der Waals surface area contributed by atoms with Crippen LogP contribution in [0.25, 0.3) is 0 Å². The Hall–Kier alpha value is -2.22. The minimum atomic E-state index is 0.404. The summed E-state index contributed by atoms with van der Waals surface area (Å²) >= 11 is 0. The zero-order valence-electron chi connectivity index (χ0n) is 9.56. The minimum Gasteiger partial charge on any atom is -0.361 e. The summed E-state index contributed by atoms with van der Waals surface area (Å²) in [5.41, 5.74) is 2.47. The first-order valence-corrected chi connectivity index (χ1v) is 5.03. The van der Waals surface area contributed by atoms with E-state index >= 15 is 0 Å². The maximum absolute atomic E-state index is 5.29. The Kier molecular flexibility index (Phi) is 3.15. The normalized spacial score (nSPS) is 10.3. The third-order valence-corrected chi connectivity index (χ3v) is 1.98. The molecule has 4 N–H and O–H groups in total. The number of hydrazine groups is 1. The van der Waals surface area contributed by atoms with Crippen LogP contribution in [0.4, 0.5) is 11.6 Å². The molecule has 17 heavy (non-hydrogen) atoms. The number of aryl methyl sites for hydroxylation is 2. The summed E-state index contributed by atoms with van der Waals surface area (Å²) in [5.74, 6) is 8.19. The minimum absolute atomic E-state index is 0.404. The molecule has 0 aliphatic heterocycles. The zero-order valence-corrected chi connectivity index (χ0v) is 9.56. The molecule has 90 valence electrons. The number of nitrogens with two attached hydrogens (primary N) is 1. The van der Waals surface area contributed by atoms with Gasteiger partial charge in [-0.1, -0.05) is 5.16 Å². The SMILES string of the molecule is Cc1nc(NN)cc(NCc2nc(C)no2)n1. The summed E-state index contributed by atoms with van der Waals surface area (Å²) in [6, 6.07) is 1.69. The molecule has 2 aromatic rings. The molecule has 0 saturated carbocycles. The van der Waals surface area contributed by atoms with Crippen LogP contribution in [-0.2, 0) is 6.54 Å². The first kappa shape index (κ1) is 11.3. The van der Waals surface area contributed by atoms with Crippen LogP contribution in [0.1, 0.15) is 17.5 Å². The van der Waals surface area contributed by atoms with Crippen molar-refractivity contribution in [2.45, 2.75) is 20.4 Å². The molecule has 0 atom stereocenters. The smallest absolute Gasteiger partial charge is 0.245 e. The molecule has 8 nitrogen and oxygen atoms in total. The second-order valence-corrected chi connectivity index (χ2v) is 3.42. The lowest BCUT2D eigenvalue weighted by Gasteiger charge is -2.05. The molecule has 0 aliphatic carbocycles. The quantitative estimate of drug-likeness (QED) is 0.514. The van der Waals surface area contributed by atoms with E-state index in [0.717, 1.165) is 0 Å². The van der Waals surface area contributed by atoms with Gasteiger partial charge in [0, 0.05) is 6.07 Å². The predicted octanol–water partition coefficient (Wildman–Crippen LogP) is 0.374. The van der Waals surface area contributed by atoms with Gasteiger partial charge in [-0.2, -0.15) is 4.98 Å². The van der Waals surface area contributed by atoms with E-state index < -0.39 is 0 Å². The number of nitrogens with zero attached hydrogens (tertiary/aromatic N) is 4. The number of nitrogens with one attached hydrogen (secondary N) is 2. The van der Waals surface area contributed by atoms with Crippen LogP contribution >= 0.6 is 0 Å². The van der Waals surface area contributed by atoms with Crippen LogP contribution in [0.15, 0.2) is 10.6 Å². The van der Waals surface area contributed by atoms with E-state index in [1.807, 2.05) is 0 Å². The highest BCUT2D eigenvalue weighted by Crippen LogP contribution is 2.10. The van der Waals surface area contributed by atoms with Crippen molar-refractivity contribution in [3.8, 4) is 0 Å². The fourth-order valence-electron chi connectivity index (χ4n) is 1.31. The van der Waals surface area contributed by atoms with Crippen molar-refractivity contribution in [3.63, 3.8) is 0 Å². The van der Waals surface area contributed by atoms with E-state index in [2.05, 4.69) is 30.9 Å². The van der Waals surface area contributed by atoms with Crippen LogP contribution in [0, 0.1) is 13.8 Å². The molecular weight excluding hydrogens is 222 g/mol. The third kappa shape index (κ3) is 2.88. The van der Waals surface area contributed by atoms with Crippen molar-refractivity contribution in [1.82, 2.24) is 20.1 Å². The van der Waals surface area contributed by atoms with E-state index in [-0.39, 0.29) is 0 Å². The molecule has 2 aromatic heterocycles. The standard InChI is InChI=1S/C9H13N7O/c1-5-12-7(3-8(13-5)15-10)11-4-9-14-6(2)16-17-9/h3H,4,10H2,1-2H3,(H2,11,12,13,15). The first-order valence-electron chi connectivity index (χ1n) is 5.03. The average molecular weight is 235 g/mol. The van der Waals surface area contributed by atoms with E-state index in [1.54, 1.807) is 19.9 Å². The fourth-order valence-corrected chi connectivity index (χ4v) is 1.31. The van der Waals surface area contributed by atoms with Crippen LogP contribution < -0.4 is 16.6 Å². The Bertz CT molecular complexity index is 510. The van der Waals surface area contributed by atoms with Gasteiger partial charge in [-0.3, -0.25) is 0 Å². The number of nitrogen functional groups attached to an aromatic ring is 1. The van der Waals surface area contributed by atoms with Crippen molar-refractivity contribution in [1.29, 1.82) is 0 Å². The van der Waals surface area contributed by atoms with Gasteiger partial charge in [0.15, 0.2) is 5.82 Å². The Morgan fingerprint density at radius 3 is 2.59 bits per heavy atom. The molecular formula is C9H13N7O. The number of hydrogen-bond acceptors (Lipinski definition) is 8. The summed E-state index contributed by atoms with van der Waals surface area (Å²) in [4.78, 5) is 12.3. The molecule has 0 saturated heterocycles. The second kappa shape index (κ2) is 4.74. The van der Waals surface area contributed by atoms with Gasteiger partial charge < -0.3 is 15.3 Å². The molecule has 0 unspecified atom stereocenters. The third-order valence-electron chi connectivity index (χ3n) is 1.98. The molecule has 0 amide bonds. The molecule has 0 bridgehead atoms. The summed E-state index contributed by atoms with van der Waals surface area (Å²) in [7, 11) is 0. The van der Waals surface area contributed by atoms with E-state index in [1.165, 1.54) is 0 Å². The topological polar surface area (TPSA) is 115 Å². The largest absolute Gasteiger partial charge is 0.361 e. The lowest BCUT2D eigenvalue weighted by Crippen LogP contribution is -2.11. The van der Waals surface area contributed by atoms with Gasteiger partial charge in [0.25, 0.3) is 0 Å². The summed E-state index contributed by atoms with van der Waals surface area (Å²) < 4.78 is 4.97. The molecule has 0 fully saturated rings. The molecule has 0 aromatic carbocycles. The highest BCUT2D eigenvalue weighted by atomic mass is 16.5. The molecule has 0 spiro atoms. The van der Waals surface area contributed by atoms with Crippen molar-refractivity contribution < 1.29 is 4.52 Å². The lowest BCUT2D eigenvalue weighted by molar-refractivity contribution is 0.379. The maximum atomic E-state index is 5.29. The van der Waals surface area contributed by atoms with Gasteiger partial charge >= 0.3 is 0 Å². The summed E-state index contributed by atoms with van der Waals surface area (Å²) in [6.07, 6.45) is 0. The summed E-state index contributed by atoms with van der Waals surface area (Å²) in [6.45, 7) is 3.95. The van der Waals surface area contributed by atoms with E-state index in [0.29, 0.717) is 35.7 Å². The Labute approximate surface area is 97.6 Å². The zero-order chi connectivity index (χ0) is 12.3. The highest BCUT2D eigenvalue weighted by Gasteiger charge is 2.04. The van der Waals surface area contributed by atoms with Crippen molar-refractivity contribution in [2.75, 3.05) is 10.7 Å². The maximum Gasteiger partial charge on any atom is 0.245 e. The molecule has 8 heteroatoms. The molecule has 0 radical (unpaired) electrons. The van der Waals surface area contributed by atoms with Crippen LogP contribution in [-0.4, -0.2) is 20.1 Å². The number of aromatic nitrogens is 4. The number of hydrogen-bond donors (Lipinski definition) is 3. The van der Waals surface area contributed by atoms with Gasteiger partial charge in [-0.25, -0.2) is 15.8 Å². The van der Waals surface area contributed by atoms with Crippen LogP contribution in [0.3, 0.4) is 0 Å². The average Bonchev–Trinajstić information content (AvgIpc) is 2.72. The molecule has 2 rings (SSSR count). The Balaban J connectivity index is 2.05. The lowest BCUT2D eigenvalue weighted by atomic mass is 10.5. The van der Waals surface area contributed by atoms with E-state index in [4.69, 9.17) is 10.4 Å². The van der Waals surface area contributed by atoms with Gasteiger partial charge in [0.1, 0.15) is 17.5 Å². The first-order chi connectivity index (χ1) is 8.17. The van der Waals surface area contributed by atoms with Gasteiger partial charge in [-0.05, 0) is 13.8 Å². The Morgan fingerprint density at radius 1 is 1.18 bits per heavy atom.